The zero-order chi connectivity index (χ0) is 17.4. The predicted molar refractivity (Wildman–Crippen MR) is 98.4 cm³/mol. The topological polar surface area (TPSA) is 51.3 Å². The first-order chi connectivity index (χ1) is 11.4. The van der Waals surface area contributed by atoms with Gasteiger partial charge in [-0.3, -0.25) is 4.79 Å². The van der Waals surface area contributed by atoms with Crippen molar-refractivity contribution in [1.29, 1.82) is 0 Å². The first-order valence-electron chi connectivity index (χ1n) is 7.96. The Labute approximate surface area is 149 Å². The average molecular weight is 389 g/mol. The predicted octanol–water partition coefficient (Wildman–Crippen LogP) is 4.03. The van der Waals surface area contributed by atoms with Crippen LogP contribution in [0.1, 0.15) is 47.3 Å². The Balaban J connectivity index is 1.76. The van der Waals surface area contributed by atoms with Crippen LogP contribution in [-0.4, -0.2) is 19.9 Å². The van der Waals surface area contributed by atoms with Crippen molar-refractivity contribution in [2.24, 2.45) is 0 Å². The van der Waals surface area contributed by atoms with E-state index in [4.69, 9.17) is 0 Å². The molecule has 126 valence electrons. The summed E-state index contributed by atoms with van der Waals surface area (Å²) in [7, 11) is 0. The number of aryl methyl sites for hydroxylation is 1. The van der Waals surface area contributed by atoms with Crippen LogP contribution in [0.2, 0.25) is 0 Å². The lowest BCUT2D eigenvalue weighted by Crippen LogP contribution is -2.23. The normalized spacial score (nSPS) is 11.4. The van der Waals surface area contributed by atoms with E-state index in [1.54, 1.807) is 0 Å². The lowest BCUT2D eigenvalue weighted by molar-refractivity contribution is 0.0949. The number of fused-ring (bicyclic) bond motifs is 1. The molecule has 3 rings (SSSR count). The van der Waals surface area contributed by atoms with Crippen LogP contribution in [0, 0.1) is 13.8 Å². The maximum atomic E-state index is 12.5. The van der Waals surface area contributed by atoms with Gasteiger partial charge in [-0.15, -0.1) is 0 Å². The Bertz CT molecular complexity index is 907. The summed E-state index contributed by atoms with van der Waals surface area (Å²) in [6.07, 6.45) is 3.88. The van der Waals surface area contributed by atoms with Crippen LogP contribution in [0.15, 0.2) is 35.1 Å². The van der Waals surface area contributed by atoms with Crippen LogP contribution in [0.5, 0.6) is 0 Å². The van der Waals surface area contributed by atoms with Crippen LogP contribution in [0.4, 0.5) is 0 Å². The first-order valence-corrected chi connectivity index (χ1v) is 8.76. The Hall–Kier alpha value is -2.08. The summed E-state index contributed by atoms with van der Waals surface area (Å²) in [5, 5.41) is 2.97. The molecule has 0 atom stereocenters. The van der Waals surface area contributed by atoms with E-state index in [-0.39, 0.29) is 5.91 Å². The fraction of sp³-hybridized carbons (Fsp3) is 0.333. The molecular weight excluding hydrogens is 368 g/mol. The van der Waals surface area contributed by atoms with Gasteiger partial charge in [0.2, 0.25) is 0 Å². The van der Waals surface area contributed by atoms with Crippen LogP contribution in [-0.2, 0) is 6.54 Å². The molecule has 1 amide bonds. The molecule has 0 bridgehead atoms. The molecule has 0 spiro atoms. The molecule has 0 aliphatic carbocycles. The van der Waals surface area contributed by atoms with Gasteiger partial charge in [-0.2, -0.15) is 0 Å². The maximum Gasteiger partial charge on any atom is 0.253 e. The lowest BCUT2D eigenvalue weighted by atomic mass is 10.2. The van der Waals surface area contributed by atoms with Gasteiger partial charge in [-0.1, -0.05) is 0 Å². The molecule has 0 saturated heterocycles. The second-order valence-corrected chi connectivity index (χ2v) is 7.19. The Morgan fingerprint density at radius 1 is 1.29 bits per heavy atom. The largest absolute Gasteiger partial charge is 0.346 e. The smallest absolute Gasteiger partial charge is 0.253 e. The number of hydrogen-bond acceptors (Lipinski definition) is 2. The van der Waals surface area contributed by atoms with Crippen molar-refractivity contribution in [2.75, 3.05) is 0 Å². The van der Waals surface area contributed by atoms with Gasteiger partial charge < -0.3 is 14.3 Å². The van der Waals surface area contributed by atoms with Crippen LogP contribution >= 0.6 is 15.9 Å². The zero-order valence-electron chi connectivity index (χ0n) is 14.3. The fourth-order valence-corrected chi connectivity index (χ4v) is 3.52. The van der Waals surface area contributed by atoms with Crippen molar-refractivity contribution >= 4 is 27.5 Å². The van der Waals surface area contributed by atoms with Crippen molar-refractivity contribution in [3.63, 3.8) is 0 Å². The van der Waals surface area contributed by atoms with Gasteiger partial charge in [0, 0.05) is 34.3 Å². The van der Waals surface area contributed by atoms with Crippen LogP contribution < -0.4 is 5.32 Å². The van der Waals surface area contributed by atoms with E-state index in [9.17, 15) is 4.79 Å². The highest BCUT2D eigenvalue weighted by Gasteiger charge is 2.17. The highest BCUT2D eigenvalue weighted by molar-refractivity contribution is 9.10. The number of carbonyl (C=O) groups is 1. The van der Waals surface area contributed by atoms with Crippen LogP contribution in [0.3, 0.4) is 0 Å². The number of aromatic nitrogens is 3. The number of rotatable bonds is 4. The lowest BCUT2D eigenvalue weighted by Gasteiger charge is -2.13. The number of carbonyl (C=O) groups excluding carboxylic acids is 1. The summed E-state index contributed by atoms with van der Waals surface area (Å²) in [5.41, 5.74) is 4.52. The van der Waals surface area contributed by atoms with Gasteiger partial charge in [0.25, 0.3) is 5.91 Å². The molecule has 1 N–H and O–H groups in total. The molecule has 0 radical (unpaired) electrons. The average Bonchev–Trinajstić information content (AvgIpc) is 3.04. The molecule has 24 heavy (non-hydrogen) atoms. The standard InChI is InChI=1S/C18H21BrN4O/c1-11(2)23-12(3)7-16(13(23)4)18(24)20-8-15-10-22-9-14(19)5-6-17(22)21-15/h5-7,9-11H,8H2,1-4H3,(H,20,24). The fourth-order valence-electron chi connectivity index (χ4n) is 3.17. The third kappa shape index (κ3) is 3.11. The Morgan fingerprint density at radius 2 is 2.04 bits per heavy atom. The number of nitrogens with one attached hydrogen (secondary N) is 1. The molecule has 3 aromatic heterocycles. The third-order valence-corrected chi connectivity index (χ3v) is 4.61. The van der Waals surface area contributed by atoms with Gasteiger partial charge in [0.15, 0.2) is 0 Å². The molecule has 0 aliphatic heterocycles. The highest BCUT2D eigenvalue weighted by atomic mass is 79.9. The number of nitrogens with zero attached hydrogens (tertiary/aromatic N) is 3. The quantitative estimate of drug-likeness (QED) is 0.733. The molecule has 5 nitrogen and oxygen atoms in total. The zero-order valence-corrected chi connectivity index (χ0v) is 15.9. The van der Waals surface area contributed by atoms with Crippen molar-refractivity contribution in [3.8, 4) is 0 Å². The highest BCUT2D eigenvalue weighted by Crippen LogP contribution is 2.20. The van der Waals surface area contributed by atoms with Gasteiger partial charge in [-0.05, 0) is 61.8 Å². The van der Waals surface area contributed by atoms with E-state index < -0.39 is 0 Å². The van der Waals surface area contributed by atoms with Gasteiger partial charge >= 0.3 is 0 Å². The molecule has 0 aliphatic rings. The summed E-state index contributed by atoms with van der Waals surface area (Å²) in [5.74, 6) is -0.0618. The summed E-state index contributed by atoms with van der Waals surface area (Å²) >= 11 is 3.44. The SMILES string of the molecule is Cc1cc(C(=O)NCc2cn3cc(Br)ccc3n2)c(C)n1C(C)C. The number of pyridine rings is 1. The summed E-state index contributed by atoms with van der Waals surface area (Å²) in [6.45, 7) is 8.67. The number of imidazole rings is 1. The van der Waals surface area contributed by atoms with E-state index in [0.29, 0.717) is 12.6 Å². The maximum absolute atomic E-state index is 12.5. The molecular formula is C18H21BrN4O. The van der Waals surface area contributed by atoms with Gasteiger partial charge in [0.1, 0.15) is 5.65 Å². The number of amides is 1. The molecule has 0 unspecified atom stereocenters. The molecule has 0 aromatic carbocycles. The molecule has 6 heteroatoms. The molecule has 0 saturated carbocycles. The van der Waals surface area contributed by atoms with E-state index in [1.807, 2.05) is 48.8 Å². The molecule has 3 aromatic rings. The minimum Gasteiger partial charge on any atom is -0.346 e. The Kier molecular flexibility index (Phi) is 4.49. The minimum atomic E-state index is -0.0618. The van der Waals surface area contributed by atoms with Crippen molar-refractivity contribution in [1.82, 2.24) is 19.3 Å². The van der Waals surface area contributed by atoms with Crippen molar-refractivity contribution < 1.29 is 4.79 Å². The van der Waals surface area contributed by atoms with Gasteiger partial charge in [0.05, 0.1) is 17.8 Å². The van der Waals surface area contributed by atoms with Crippen molar-refractivity contribution in [3.05, 3.63) is 57.7 Å². The second kappa shape index (κ2) is 6.43. The number of hydrogen-bond donors (Lipinski definition) is 1. The van der Waals surface area contributed by atoms with Gasteiger partial charge in [-0.25, -0.2) is 4.98 Å². The summed E-state index contributed by atoms with van der Waals surface area (Å²) in [4.78, 5) is 17.0. The summed E-state index contributed by atoms with van der Waals surface area (Å²) in [6, 6.07) is 6.17. The van der Waals surface area contributed by atoms with Crippen molar-refractivity contribution in [2.45, 2.75) is 40.3 Å². The molecule has 3 heterocycles. The second-order valence-electron chi connectivity index (χ2n) is 6.28. The van der Waals surface area contributed by atoms with Crippen LogP contribution in [0.25, 0.3) is 5.65 Å². The first kappa shape index (κ1) is 16.8. The third-order valence-electron chi connectivity index (χ3n) is 4.14. The van der Waals surface area contributed by atoms with E-state index in [1.165, 1.54) is 0 Å². The molecule has 0 fully saturated rings. The van der Waals surface area contributed by atoms with E-state index in [0.717, 1.165) is 32.8 Å². The Morgan fingerprint density at radius 3 is 2.71 bits per heavy atom. The van der Waals surface area contributed by atoms with E-state index in [2.05, 4.69) is 44.6 Å². The van der Waals surface area contributed by atoms with E-state index >= 15 is 0 Å². The minimum absolute atomic E-state index is 0.0618. The summed E-state index contributed by atoms with van der Waals surface area (Å²) < 4.78 is 5.11. The number of halogens is 1. The monoisotopic (exact) mass is 388 g/mol.